The molecule has 2 rings (SSSR count). The first kappa shape index (κ1) is 15.3. The van der Waals surface area contributed by atoms with Gasteiger partial charge in [0.15, 0.2) is 0 Å². The van der Waals surface area contributed by atoms with Gasteiger partial charge < -0.3 is 15.1 Å². The summed E-state index contributed by atoms with van der Waals surface area (Å²) in [5, 5.41) is 3.43. The van der Waals surface area contributed by atoms with E-state index in [2.05, 4.69) is 60.2 Å². The van der Waals surface area contributed by atoms with Gasteiger partial charge in [0.1, 0.15) is 0 Å². The number of hydrogen-bond donors (Lipinski definition) is 1. The van der Waals surface area contributed by atoms with E-state index in [4.69, 9.17) is 0 Å². The predicted octanol–water partition coefficient (Wildman–Crippen LogP) is 2.11. The zero-order valence-electron chi connectivity index (χ0n) is 13.3. The third-order valence-electron chi connectivity index (χ3n) is 4.05. The number of likely N-dealkylation sites (tertiary alicyclic amines) is 1. The zero-order valence-corrected chi connectivity index (χ0v) is 13.3. The maximum atomic E-state index is 4.45. The molecule has 1 saturated heterocycles. The molecule has 1 aliphatic heterocycles. The zero-order chi connectivity index (χ0) is 14.5. The Morgan fingerprint density at radius 1 is 1.50 bits per heavy atom. The first-order valence-electron chi connectivity index (χ1n) is 7.66. The maximum absolute atomic E-state index is 4.45. The summed E-state index contributed by atoms with van der Waals surface area (Å²) in [7, 11) is 4.42. The minimum atomic E-state index is 0.491. The molecule has 2 heterocycles. The normalized spacial score (nSPS) is 20.4. The van der Waals surface area contributed by atoms with Gasteiger partial charge in [-0.3, -0.25) is 4.98 Å². The summed E-state index contributed by atoms with van der Waals surface area (Å²) in [6.07, 6.45) is 4.50. The fraction of sp³-hybridized carbons (Fsp3) is 0.688. The second kappa shape index (κ2) is 7.04. The number of piperidine rings is 1. The summed E-state index contributed by atoms with van der Waals surface area (Å²) in [6, 6.07) is 5.43. The molecule has 1 aromatic rings. The summed E-state index contributed by atoms with van der Waals surface area (Å²) in [4.78, 5) is 9.29. The number of hydrogen-bond acceptors (Lipinski definition) is 4. The number of aromatic nitrogens is 1. The number of rotatable bonds is 5. The molecule has 1 aromatic heterocycles. The standard InChI is InChI=1S/C16H28N4/c1-13(2)18-11-14-10-15(7-8-17-14)20(4)16-6-5-9-19(3)12-16/h7-8,10,13,16,18H,5-6,9,11-12H2,1-4H3. The highest BCUT2D eigenvalue weighted by Crippen LogP contribution is 2.21. The van der Waals surface area contributed by atoms with Gasteiger partial charge in [0.25, 0.3) is 0 Å². The van der Waals surface area contributed by atoms with Crippen LogP contribution in [0.3, 0.4) is 0 Å². The lowest BCUT2D eigenvalue weighted by molar-refractivity contribution is 0.248. The minimum absolute atomic E-state index is 0.491. The van der Waals surface area contributed by atoms with Gasteiger partial charge in [-0.25, -0.2) is 0 Å². The molecule has 1 unspecified atom stereocenters. The average molecular weight is 276 g/mol. The Bertz CT molecular complexity index is 419. The van der Waals surface area contributed by atoms with Gasteiger partial charge in [0.05, 0.1) is 5.69 Å². The number of pyridine rings is 1. The molecule has 112 valence electrons. The summed E-state index contributed by atoms with van der Waals surface area (Å²) in [6.45, 7) is 7.54. The molecule has 1 N–H and O–H groups in total. The van der Waals surface area contributed by atoms with Crippen LogP contribution in [0.2, 0.25) is 0 Å². The molecule has 0 aromatic carbocycles. The van der Waals surface area contributed by atoms with Gasteiger partial charge in [0, 0.05) is 44.1 Å². The Kier molecular flexibility index (Phi) is 5.38. The summed E-state index contributed by atoms with van der Waals surface area (Å²) < 4.78 is 0. The van der Waals surface area contributed by atoms with E-state index >= 15 is 0 Å². The third kappa shape index (κ3) is 4.18. The molecule has 0 aliphatic carbocycles. The lowest BCUT2D eigenvalue weighted by Gasteiger charge is -2.37. The maximum Gasteiger partial charge on any atom is 0.0562 e. The van der Waals surface area contributed by atoms with E-state index in [-0.39, 0.29) is 0 Å². The predicted molar refractivity (Wildman–Crippen MR) is 85.1 cm³/mol. The lowest BCUT2D eigenvalue weighted by Crippen LogP contribution is -2.45. The Morgan fingerprint density at radius 2 is 2.30 bits per heavy atom. The van der Waals surface area contributed by atoms with Gasteiger partial charge in [-0.2, -0.15) is 0 Å². The van der Waals surface area contributed by atoms with Crippen LogP contribution in [0, 0.1) is 0 Å². The van der Waals surface area contributed by atoms with Crippen LogP contribution in [-0.4, -0.2) is 49.2 Å². The van der Waals surface area contributed by atoms with E-state index in [9.17, 15) is 0 Å². The second-order valence-electron chi connectivity index (χ2n) is 6.21. The molecular formula is C16H28N4. The van der Waals surface area contributed by atoms with Gasteiger partial charge >= 0.3 is 0 Å². The van der Waals surface area contributed by atoms with Crippen molar-refractivity contribution in [2.45, 2.75) is 45.3 Å². The van der Waals surface area contributed by atoms with E-state index in [1.54, 1.807) is 0 Å². The lowest BCUT2D eigenvalue weighted by atomic mass is 10.0. The van der Waals surface area contributed by atoms with Crippen molar-refractivity contribution in [1.29, 1.82) is 0 Å². The Hall–Kier alpha value is -1.13. The van der Waals surface area contributed by atoms with Crippen molar-refractivity contribution >= 4 is 5.69 Å². The van der Waals surface area contributed by atoms with Crippen molar-refractivity contribution in [1.82, 2.24) is 15.2 Å². The van der Waals surface area contributed by atoms with Crippen LogP contribution in [0.15, 0.2) is 18.3 Å². The van der Waals surface area contributed by atoms with Crippen molar-refractivity contribution in [3.05, 3.63) is 24.0 Å². The van der Waals surface area contributed by atoms with Crippen molar-refractivity contribution in [2.75, 3.05) is 32.1 Å². The Labute approximate surface area is 123 Å². The molecule has 0 spiro atoms. The molecule has 1 aliphatic rings. The van der Waals surface area contributed by atoms with Gasteiger partial charge in [-0.05, 0) is 38.6 Å². The van der Waals surface area contributed by atoms with Gasteiger partial charge in [-0.15, -0.1) is 0 Å². The number of anilines is 1. The SMILES string of the molecule is CC(C)NCc1cc(N(C)C2CCCN(C)C2)ccn1. The van der Waals surface area contributed by atoms with Crippen LogP contribution in [0.5, 0.6) is 0 Å². The van der Waals surface area contributed by atoms with Gasteiger partial charge in [-0.1, -0.05) is 13.8 Å². The Balaban J connectivity index is 2.01. The molecule has 20 heavy (non-hydrogen) atoms. The first-order valence-corrected chi connectivity index (χ1v) is 7.66. The van der Waals surface area contributed by atoms with E-state index in [0.29, 0.717) is 12.1 Å². The topological polar surface area (TPSA) is 31.4 Å². The number of nitrogens with zero attached hydrogens (tertiary/aromatic N) is 3. The summed E-state index contributed by atoms with van der Waals surface area (Å²) in [5.41, 5.74) is 2.40. The monoisotopic (exact) mass is 276 g/mol. The van der Waals surface area contributed by atoms with E-state index in [1.165, 1.54) is 25.1 Å². The fourth-order valence-electron chi connectivity index (χ4n) is 2.76. The molecule has 0 bridgehead atoms. The summed E-state index contributed by atoms with van der Waals surface area (Å²) in [5.74, 6) is 0. The Morgan fingerprint density at radius 3 is 3.00 bits per heavy atom. The van der Waals surface area contributed by atoms with Crippen molar-refractivity contribution in [2.24, 2.45) is 0 Å². The first-order chi connectivity index (χ1) is 9.56. The molecule has 1 fully saturated rings. The molecule has 0 radical (unpaired) electrons. The quantitative estimate of drug-likeness (QED) is 0.892. The second-order valence-corrected chi connectivity index (χ2v) is 6.21. The fourth-order valence-corrected chi connectivity index (χ4v) is 2.76. The van der Waals surface area contributed by atoms with Crippen LogP contribution in [-0.2, 0) is 6.54 Å². The highest BCUT2D eigenvalue weighted by atomic mass is 15.2. The average Bonchev–Trinajstić information content (AvgIpc) is 2.44. The van der Waals surface area contributed by atoms with Crippen LogP contribution >= 0.6 is 0 Å². The van der Waals surface area contributed by atoms with Crippen molar-refractivity contribution in [3.8, 4) is 0 Å². The highest BCUT2D eigenvalue weighted by Gasteiger charge is 2.21. The molecule has 4 nitrogen and oxygen atoms in total. The van der Waals surface area contributed by atoms with Crippen molar-refractivity contribution in [3.63, 3.8) is 0 Å². The van der Waals surface area contributed by atoms with Crippen LogP contribution < -0.4 is 10.2 Å². The van der Waals surface area contributed by atoms with Crippen LogP contribution in [0.4, 0.5) is 5.69 Å². The van der Waals surface area contributed by atoms with Crippen molar-refractivity contribution < 1.29 is 0 Å². The third-order valence-corrected chi connectivity index (χ3v) is 4.05. The minimum Gasteiger partial charge on any atom is -0.370 e. The van der Waals surface area contributed by atoms with E-state index in [1.807, 2.05) is 6.20 Å². The molecule has 0 amide bonds. The highest BCUT2D eigenvalue weighted by molar-refractivity contribution is 5.47. The van der Waals surface area contributed by atoms with E-state index in [0.717, 1.165) is 18.8 Å². The van der Waals surface area contributed by atoms with Crippen LogP contribution in [0.1, 0.15) is 32.4 Å². The molecular weight excluding hydrogens is 248 g/mol. The molecule has 0 saturated carbocycles. The molecule has 4 heteroatoms. The largest absolute Gasteiger partial charge is 0.370 e. The van der Waals surface area contributed by atoms with Gasteiger partial charge in [0.2, 0.25) is 0 Å². The number of nitrogens with one attached hydrogen (secondary N) is 1. The number of likely N-dealkylation sites (N-methyl/N-ethyl adjacent to an activating group) is 2. The molecule has 1 atom stereocenters. The smallest absolute Gasteiger partial charge is 0.0562 e. The van der Waals surface area contributed by atoms with E-state index < -0.39 is 0 Å². The van der Waals surface area contributed by atoms with Crippen LogP contribution in [0.25, 0.3) is 0 Å². The summed E-state index contributed by atoms with van der Waals surface area (Å²) >= 11 is 0.